The van der Waals surface area contributed by atoms with E-state index in [0.717, 1.165) is 5.56 Å². The number of carboxylic acids is 1. The van der Waals surface area contributed by atoms with Gasteiger partial charge in [0.15, 0.2) is 0 Å². The molecule has 3 rings (SSSR count). The first-order chi connectivity index (χ1) is 10.2. The third-order valence-corrected chi connectivity index (χ3v) is 3.27. The molecule has 0 aliphatic rings. The second kappa shape index (κ2) is 5.17. The molecule has 4 heteroatoms. The summed E-state index contributed by atoms with van der Waals surface area (Å²) in [6.45, 7) is 0. The summed E-state index contributed by atoms with van der Waals surface area (Å²) < 4.78 is 1.76. The van der Waals surface area contributed by atoms with Gasteiger partial charge in [-0.1, -0.05) is 36.4 Å². The second-order valence-electron chi connectivity index (χ2n) is 4.64. The van der Waals surface area contributed by atoms with Crippen molar-refractivity contribution in [3.63, 3.8) is 0 Å². The number of aromatic nitrogens is 1. The van der Waals surface area contributed by atoms with E-state index in [9.17, 15) is 15.0 Å². The van der Waals surface area contributed by atoms with Crippen LogP contribution in [0.5, 0.6) is 5.75 Å². The van der Waals surface area contributed by atoms with Crippen LogP contribution >= 0.6 is 0 Å². The maximum absolute atomic E-state index is 11.4. The highest BCUT2D eigenvalue weighted by atomic mass is 16.4. The van der Waals surface area contributed by atoms with Crippen molar-refractivity contribution in [2.75, 3.05) is 0 Å². The first-order valence-corrected chi connectivity index (χ1v) is 6.46. The largest absolute Gasteiger partial charge is 0.508 e. The highest BCUT2D eigenvalue weighted by molar-refractivity contribution is 5.95. The van der Waals surface area contributed by atoms with E-state index in [1.165, 1.54) is 0 Å². The van der Waals surface area contributed by atoms with Crippen LogP contribution in [0.3, 0.4) is 0 Å². The molecule has 0 aliphatic carbocycles. The lowest BCUT2D eigenvalue weighted by atomic mass is 10.1. The predicted octanol–water partition coefficient (Wildman–Crippen LogP) is 3.55. The van der Waals surface area contributed by atoms with Gasteiger partial charge in [0.1, 0.15) is 5.75 Å². The van der Waals surface area contributed by atoms with Crippen LogP contribution < -0.4 is 0 Å². The Bertz CT molecular complexity index is 791. The number of carboxylic acid groups (broad SMARTS) is 1. The summed E-state index contributed by atoms with van der Waals surface area (Å²) in [4.78, 5) is 11.4. The summed E-state index contributed by atoms with van der Waals surface area (Å²) in [5, 5.41) is 19.0. The van der Waals surface area contributed by atoms with E-state index in [4.69, 9.17) is 0 Å². The van der Waals surface area contributed by atoms with Gasteiger partial charge < -0.3 is 14.8 Å². The highest BCUT2D eigenvalue weighted by Gasteiger charge is 2.17. The predicted molar refractivity (Wildman–Crippen MR) is 79.8 cm³/mol. The minimum Gasteiger partial charge on any atom is -0.508 e. The van der Waals surface area contributed by atoms with Crippen LogP contribution in [0.4, 0.5) is 0 Å². The van der Waals surface area contributed by atoms with Gasteiger partial charge >= 0.3 is 5.97 Å². The van der Waals surface area contributed by atoms with Crippen molar-refractivity contribution in [1.82, 2.24) is 4.57 Å². The fraction of sp³-hybridized carbons (Fsp3) is 0. The van der Waals surface area contributed by atoms with Crippen molar-refractivity contribution in [1.29, 1.82) is 0 Å². The Morgan fingerprint density at radius 2 is 1.71 bits per heavy atom. The number of aromatic hydroxyl groups is 1. The monoisotopic (exact) mass is 279 g/mol. The standard InChI is InChI=1S/C17H13NO3/c19-14-8-4-7-13(11-14)18-10-9-15(17(20)21)16(18)12-5-2-1-3-6-12/h1-11,19H,(H,20,21). The summed E-state index contributed by atoms with van der Waals surface area (Å²) in [7, 11) is 0. The average molecular weight is 279 g/mol. The lowest BCUT2D eigenvalue weighted by molar-refractivity contribution is 0.0698. The fourth-order valence-electron chi connectivity index (χ4n) is 2.35. The number of benzene rings is 2. The Hall–Kier alpha value is -3.01. The number of rotatable bonds is 3. The van der Waals surface area contributed by atoms with E-state index in [1.54, 1.807) is 35.0 Å². The van der Waals surface area contributed by atoms with E-state index in [2.05, 4.69) is 0 Å². The van der Waals surface area contributed by atoms with E-state index >= 15 is 0 Å². The number of carbonyl (C=O) groups is 1. The van der Waals surface area contributed by atoms with E-state index in [1.807, 2.05) is 36.4 Å². The van der Waals surface area contributed by atoms with Crippen LogP contribution in [-0.2, 0) is 0 Å². The molecule has 0 saturated carbocycles. The molecule has 0 atom stereocenters. The normalized spacial score (nSPS) is 10.5. The summed E-state index contributed by atoms with van der Waals surface area (Å²) in [6.07, 6.45) is 1.69. The van der Waals surface area contributed by atoms with Gasteiger partial charge in [0.2, 0.25) is 0 Å². The Balaban J connectivity index is 2.25. The first kappa shape index (κ1) is 13.0. The molecule has 0 unspecified atom stereocenters. The molecule has 0 amide bonds. The highest BCUT2D eigenvalue weighted by Crippen LogP contribution is 2.29. The average Bonchev–Trinajstić information content (AvgIpc) is 2.93. The van der Waals surface area contributed by atoms with Gasteiger partial charge in [-0.3, -0.25) is 0 Å². The molecular weight excluding hydrogens is 266 g/mol. The lowest BCUT2D eigenvalue weighted by Gasteiger charge is -2.11. The Morgan fingerprint density at radius 1 is 0.952 bits per heavy atom. The van der Waals surface area contributed by atoms with Crippen LogP contribution in [0, 0.1) is 0 Å². The molecule has 21 heavy (non-hydrogen) atoms. The van der Waals surface area contributed by atoms with Gasteiger partial charge in [-0.15, -0.1) is 0 Å². The zero-order chi connectivity index (χ0) is 14.8. The second-order valence-corrected chi connectivity index (χ2v) is 4.64. The molecule has 0 radical (unpaired) electrons. The molecule has 104 valence electrons. The van der Waals surface area contributed by atoms with Crippen LogP contribution in [-0.4, -0.2) is 20.7 Å². The van der Waals surface area contributed by atoms with Gasteiger partial charge in [-0.05, 0) is 23.8 Å². The van der Waals surface area contributed by atoms with Crippen LogP contribution in [0.2, 0.25) is 0 Å². The number of phenols is 1. The number of hydrogen-bond donors (Lipinski definition) is 2. The molecule has 0 fully saturated rings. The van der Waals surface area contributed by atoms with E-state index in [-0.39, 0.29) is 11.3 Å². The van der Waals surface area contributed by atoms with Crippen LogP contribution in [0.1, 0.15) is 10.4 Å². The number of aromatic carboxylic acids is 1. The number of phenolic OH excluding ortho intramolecular Hbond substituents is 1. The maximum atomic E-state index is 11.4. The molecule has 4 nitrogen and oxygen atoms in total. The SMILES string of the molecule is O=C(O)c1ccn(-c2cccc(O)c2)c1-c1ccccc1. The quantitative estimate of drug-likeness (QED) is 0.770. The number of hydrogen-bond acceptors (Lipinski definition) is 2. The molecule has 1 aromatic heterocycles. The van der Waals surface area contributed by atoms with Gasteiger partial charge in [0, 0.05) is 18.0 Å². The third-order valence-electron chi connectivity index (χ3n) is 3.27. The molecule has 2 aromatic carbocycles. The topological polar surface area (TPSA) is 62.5 Å². The van der Waals surface area contributed by atoms with Gasteiger partial charge in [-0.2, -0.15) is 0 Å². The van der Waals surface area contributed by atoms with Crippen molar-refractivity contribution < 1.29 is 15.0 Å². The Kier molecular flexibility index (Phi) is 3.20. The van der Waals surface area contributed by atoms with Gasteiger partial charge in [0.05, 0.1) is 11.3 Å². The fourth-order valence-corrected chi connectivity index (χ4v) is 2.35. The molecule has 3 aromatic rings. The van der Waals surface area contributed by atoms with Gasteiger partial charge in [-0.25, -0.2) is 4.79 Å². The lowest BCUT2D eigenvalue weighted by Crippen LogP contribution is -2.01. The van der Waals surface area contributed by atoms with Crippen molar-refractivity contribution >= 4 is 5.97 Å². The molecule has 0 spiro atoms. The Labute approximate surface area is 121 Å². The summed E-state index contributed by atoms with van der Waals surface area (Å²) in [5.74, 6) is -0.843. The van der Waals surface area contributed by atoms with Crippen molar-refractivity contribution in [2.24, 2.45) is 0 Å². The molecular formula is C17H13NO3. The van der Waals surface area contributed by atoms with Crippen molar-refractivity contribution in [3.8, 4) is 22.7 Å². The molecule has 0 aliphatic heterocycles. The Morgan fingerprint density at radius 3 is 2.38 bits per heavy atom. The maximum Gasteiger partial charge on any atom is 0.337 e. The molecule has 0 bridgehead atoms. The van der Waals surface area contributed by atoms with Crippen LogP contribution in [0.25, 0.3) is 16.9 Å². The molecule has 0 saturated heterocycles. The summed E-state index contributed by atoms with van der Waals surface area (Å²) >= 11 is 0. The zero-order valence-electron chi connectivity index (χ0n) is 11.1. The van der Waals surface area contributed by atoms with Crippen LogP contribution in [0.15, 0.2) is 66.9 Å². The van der Waals surface area contributed by atoms with Crippen molar-refractivity contribution in [3.05, 3.63) is 72.4 Å². The summed E-state index contributed by atoms with van der Waals surface area (Å²) in [6, 6.07) is 17.6. The zero-order valence-corrected chi connectivity index (χ0v) is 11.1. The van der Waals surface area contributed by atoms with E-state index in [0.29, 0.717) is 11.4 Å². The smallest absolute Gasteiger partial charge is 0.337 e. The van der Waals surface area contributed by atoms with Crippen molar-refractivity contribution in [2.45, 2.75) is 0 Å². The first-order valence-electron chi connectivity index (χ1n) is 6.46. The minimum atomic E-state index is -0.979. The summed E-state index contributed by atoms with van der Waals surface area (Å²) in [5.41, 5.74) is 2.34. The molecule has 1 heterocycles. The molecule has 2 N–H and O–H groups in total. The third kappa shape index (κ3) is 2.39. The minimum absolute atomic E-state index is 0.136. The van der Waals surface area contributed by atoms with Gasteiger partial charge in [0.25, 0.3) is 0 Å². The number of nitrogens with zero attached hydrogens (tertiary/aromatic N) is 1. The van der Waals surface area contributed by atoms with E-state index < -0.39 is 5.97 Å².